The normalized spacial score (nSPS) is 36.2. The van der Waals surface area contributed by atoms with Gasteiger partial charge in [0.15, 0.2) is 0 Å². The van der Waals surface area contributed by atoms with Crippen LogP contribution in [0.25, 0.3) is 0 Å². The van der Waals surface area contributed by atoms with Gasteiger partial charge in [-0.25, -0.2) is 4.39 Å². The molecule has 0 radical (unpaired) electrons. The van der Waals surface area contributed by atoms with Gasteiger partial charge in [-0.05, 0) is 38.2 Å². The number of hydrogen-bond acceptors (Lipinski definition) is 2. The summed E-state index contributed by atoms with van der Waals surface area (Å²) in [6.07, 6.45) is 3.75. The van der Waals surface area contributed by atoms with Crippen LogP contribution in [0.5, 0.6) is 0 Å². The van der Waals surface area contributed by atoms with Gasteiger partial charge in [-0.15, -0.1) is 0 Å². The molecule has 2 atom stereocenters. The molecule has 92 valence electrons. The lowest BCUT2D eigenvalue weighted by atomic mass is 9.85. The monoisotopic (exact) mass is 252 g/mol. The minimum atomic E-state index is -0.937. The fourth-order valence-corrected chi connectivity index (χ4v) is 4.98. The maximum absolute atomic E-state index is 14.1. The van der Waals surface area contributed by atoms with Crippen molar-refractivity contribution in [2.75, 3.05) is 0 Å². The number of halogens is 1. The zero-order valence-corrected chi connectivity index (χ0v) is 10.8. The maximum Gasteiger partial charge on any atom is 0.132 e. The molecule has 0 aromatic heterocycles. The molecule has 0 spiro atoms. The quantitative estimate of drug-likeness (QED) is 0.827. The highest BCUT2D eigenvalue weighted by Gasteiger charge is 2.45. The number of rotatable bonds is 1. The van der Waals surface area contributed by atoms with E-state index in [1.165, 1.54) is 12.8 Å². The molecule has 17 heavy (non-hydrogen) atoms. The summed E-state index contributed by atoms with van der Waals surface area (Å²) in [6, 6.07) is 5.35. The van der Waals surface area contributed by atoms with E-state index < -0.39 is 5.60 Å². The van der Waals surface area contributed by atoms with E-state index in [1.807, 2.05) is 17.8 Å². The van der Waals surface area contributed by atoms with Gasteiger partial charge in [-0.1, -0.05) is 18.2 Å². The van der Waals surface area contributed by atoms with E-state index in [0.29, 0.717) is 34.5 Å². The molecule has 0 amide bonds. The van der Waals surface area contributed by atoms with E-state index in [4.69, 9.17) is 0 Å². The van der Waals surface area contributed by atoms with Crippen LogP contribution in [0.2, 0.25) is 0 Å². The van der Waals surface area contributed by atoms with Gasteiger partial charge in [0, 0.05) is 16.1 Å². The highest BCUT2D eigenvalue weighted by atomic mass is 32.2. The number of aryl methyl sites for hydroxylation is 1. The lowest BCUT2D eigenvalue weighted by molar-refractivity contribution is 0.0161. The van der Waals surface area contributed by atoms with E-state index in [-0.39, 0.29) is 5.82 Å². The molecular formula is C14H17FOS. The van der Waals surface area contributed by atoms with Crippen molar-refractivity contribution in [2.24, 2.45) is 0 Å². The van der Waals surface area contributed by atoms with Crippen LogP contribution in [0.1, 0.15) is 36.8 Å². The summed E-state index contributed by atoms with van der Waals surface area (Å²) in [5.41, 5.74) is 0.198. The van der Waals surface area contributed by atoms with Gasteiger partial charge in [0.2, 0.25) is 0 Å². The zero-order valence-electron chi connectivity index (χ0n) is 9.95. The standard InChI is InChI=1S/C14H17FOS/c1-9-3-2-4-12(13(9)15)14(16)7-10-5-6-11(8-14)17-10/h2-4,10-11,16H,5-8H2,1H3. The fourth-order valence-electron chi connectivity index (χ4n) is 3.14. The molecule has 2 aliphatic heterocycles. The van der Waals surface area contributed by atoms with Gasteiger partial charge in [0.05, 0.1) is 5.60 Å². The summed E-state index contributed by atoms with van der Waals surface area (Å²) in [5, 5.41) is 11.8. The Hall–Kier alpha value is -0.540. The topological polar surface area (TPSA) is 20.2 Å². The first-order valence-corrected chi connectivity index (χ1v) is 7.16. The molecule has 0 aliphatic carbocycles. The van der Waals surface area contributed by atoms with Gasteiger partial charge in [0.25, 0.3) is 0 Å². The Kier molecular flexibility index (Phi) is 2.71. The predicted molar refractivity (Wildman–Crippen MR) is 68.7 cm³/mol. The van der Waals surface area contributed by atoms with Gasteiger partial charge < -0.3 is 5.11 Å². The summed E-state index contributed by atoms with van der Waals surface area (Å²) in [6.45, 7) is 1.76. The minimum absolute atomic E-state index is 0.221. The second-order valence-corrected chi connectivity index (χ2v) is 6.94. The van der Waals surface area contributed by atoms with Crippen LogP contribution >= 0.6 is 11.8 Å². The summed E-state index contributed by atoms with van der Waals surface area (Å²) in [4.78, 5) is 0. The highest BCUT2D eigenvalue weighted by molar-refractivity contribution is 8.00. The number of aliphatic hydroxyl groups is 1. The van der Waals surface area contributed by atoms with Crippen molar-refractivity contribution in [3.8, 4) is 0 Å². The van der Waals surface area contributed by atoms with Crippen LogP contribution in [-0.2, 0) is 5.60 Å². The van der Waals surface area contributed by atoms with Gasteiger partial charge in [0.1, 0.15) is 5.82 Å². The lowest BCUT2D eigenvalue weighted by Crippen LogP contribution is -2.35. The summed E-state index contributed by atoms with van der Waals surface area (Å²) < 4.78 is 14.1. The number of hydrogen-bond donors (Lipinski definition) is 1. The second kappa shape index (κ2) is 3.99. The van der Waals surface area contributed by atoms with E-state index >= 15 is 0 Å². The molecule has 2 fully saturated rings. The van der Waals surface area contributed by atoms with Gasteiger partial charge in [-0.2, -0.15) is 11.8 Å². The SMILES string of the molecule is Cc1cccc(C2(O)CC3CCC(C2)S3)c1F. The van der Waals surface area contributed by atoms with E-state index in [0.717, 1.165) is 0 Å². The highest BCUT2D eigenvalue weighted by Crippen LogP contribution is 2.51. The molecule has 1 aromatic carbocycles. The number of thioether (sulfide) groups is 1. The lowest BCUT2D eigenvalue weighted by Gasteiger charge is -2.36. The Morgan fingerprint density at radius 3 is 2.59 bits per heavy atom. The summed E-state index contributed by atoms with van der Waals surface area (Å²) >= 11 is 1.98. The van der Waals surface area contributed by atoms with E-state index in [1.54, 1.807) is 19.1 Å². The fraction of sp³-hybridized carbons (Fsp3) is 0.571. The molecule has 0 saturated carbocycles. The van der Waals surface area contributed by atoms with Crippen molar-refractivity contribution in [1.82, 2.24) is 0 Å². The third kappa shape index (κ3) is 1.89. The molecule has 2 heterocycles. The Morgan fingerprint density at radius 2 is 1.94 bits per heavy atom. The average Bonchev–Trinajstić information content (AvgIpc) is 2.62. The van der Waals surface area contributed by atoms with Crippen LogP contribution < -0.4 is 0 Å². The van der Waals surface area contributed by atoms with E-state index in [9.17, 15) is 9.50 Å². The molecule has 2 aliphatic rings. The Bertz CT molecular complexity index is 434. The minimum Gasteiger partial charge on any atom is -0.385 e. The molecule has 2 saturated heterocycles. The van der Waals surface area contributed by atoms with Crippen molar-refractivity contribution >= 4 is 11.8 Å². The van der Waals surface area contributed by atoms with E-state index in [2.05, 4.69) is 0 Å². The van der Waals surface area contributed by atoms with Gasteiger partial charge in [-0.3, -0.25) is 0 Å². The van der Waals surface area contributed by atoms with Crippen molar-refractivity contribution < 1.29 is 9.50 Å². The van der Waals surface area contributed by atoms with Crippen molar-refractivity contribution in [3.05, 3.63) is 35.1 Å². The Labute approximate surface area is 105 Å². The van der Waals surface area contributed by atoms with Crippen molar-refractivity contribution in [1.29, 1.82) is 0 Å². The van der Waals surface area contributed by atoms with Crippen LogP contribution in [0.4, 0.5) is 4.39 Å². The van der Waals surface area contributed by atoms with Crippen molar-refractivity contribution in [2.45, 2.75) is 48.7 Å². The third-order valence-corrected chi connectivity index (χ3v) is 5.59. The molecule has 2 unspecified atom stereocenters. The van der Waals surface area contributed by atoms with Crippen LogP contribution in [-0.4, -0.2) is 15.6 Å². The van der Waals surface area contributed by atoms with Crippen molar-refractivity contribution in [3.63, 3.8) is 0 Å². The largest absolute Gasteiger partial charge is 0.385 e. The first kappa shape index (κ1) is 11.5. The second-order valence-electron chi connectivity index (χ2n) is 5.33. The molecule has 1 nitrogen and oxygen atoms in total. The molecule has 3 heteroatoms. The maximum atomic E-state index is 14.1. The van der Waals surface area contributed by atoms with Crippen LogP contribution in [0.15, 0.2) is 18.2 Å². The average molecular weight is 252 g/mol. The first-order chi connectivity index (χ1) is 8.08. The number of benzene rings is 1. The van der Waals surface area contributed by atoms with Crippen LogP contribution in [0.3, 0.4) is 0 Å². The number of fused-ring (bicyclic) bond motifs is 2. The molecule has 3 rings (SSSR count). The molecule has 1 aromatic rings. The first-order valence-electron chi connectivity index (χ1n) is 6.22. The molecular weight excluding hydrogens is 235 g/mol. The Morgan fingerprint density at radius 1 is 1.29 bits per heavy atom. The van der Waals surface area contributed by atoms with Crippen LogP contribution in [0, 0.1) is 12.7 Å². The summed E-state index contributed by atoms with van der Waals surface area (Å²) in [5.74, 6) is -0.221. The molecule has 2 bridgehead atoms. The Balaban J connectivity index is 2.00. The molecule has 1 N–H and O–H groups in total. The summed E-state index contributed by atoms with van der Waals surface area (Å²) in [7, 11) is 0. The smallest absolute Gasteiger partial charge is 0.132 e. The van der Waals surface area contributed by atoms with Gasteiger partial charge >= 0.3 is 0 Å². The predicted octanol–water partition coefficient (Wildman–Crippen LogP) is 3.38. The third-order valence-electron chi connectivity index (χ3n) is 4.02. The zero-order chi connectivity index (χ0) is 12.0.